The van der Waals surface area contributed by atoms with Gasteiger partial charge in [-0.3, -0.25) is 0 Å². The Hall–Kier alpha value is -0.340. The highest BCUT2D eigenvalue weighted by Crippen LogP contribution is 2.32. The van der Waals surface area contributed by atoms with Crippen LogP contribution in [0.15, 0.2) is 23.1 Å². The number of thioether (sulfide) groups is 1. The molecule has 3 heteroatoms. The molecule has 1 saturated heterocycles. The average Bonchev–Trinajstić information content (AvgIpc) is 2.30. The second-order valence-corrected chi connectivity index (χ2v) is 5.15. The number of anilines is 1. The molecule has 15 heavy (non-hydrogen) atoms. The van der Waals surface area contributed by atoms with Crippen LogP contribution in [0, 0.1) is 0 Å². The first-order valence-electron chi connectivity index (χ1n) is 5.40. The molecular formula is C12H16ClNS. The van der Waals surface area contributed by atoms with Gasteiger partial charge in [0, 0.05) is 23.0 Å². The van der Waals surface area contributed by atoms with Gasteiger partial charge in [-0.2, -0.15) is 0 Å². The molecule has 0 aliphatic carbocycles. The van der Waals surface area contributed by atoms with Crippen molar-refractivity contribution in [2.24, 2.45) is 0 Å². The fourth-order valence-electron chi connectivity index (χ4n) is 2.05. The van der Waals surface area contributed by atoms with Crippen LogP contribution in [-0.4, -0.2) is 19.3 Å². The molecule has 0 N–H and O–H groups in total. The van der Waals surface area contributed by atoms with Gasteiger partial charge in [0.1, 0.15) is 0 Å². The van der Waals surface area contributed by atoms with Crippen molar-refractivity contribution in [1.29, 1.82) is 0 Å². The lowest BCUT2D eigenvalue weighted by molar-refractivity contribution is 0.575. The van der Waals surface area contributed by atoms with E-state index in [0.717, 1.165) is 5.02 Å². The van der Waals surface area contributed by atoms with E-state index in [1.165, 1.54) is 42.9 Å². The van der Waals surface area contributed by atoms with Crippen molar-refractivity contribution >= 4 is 29.1 Å². The zero-order valence-corrected chi connectivity index (χ0v) is 10.6. The Morgan fingerprint density at radius 3 is 2.60 bits per heavy atom. The van der Waals surface area contributed by atoms with Gasteiger partial charge in [0.15, 0.2) is 0 Å². The Kier molecular flexibility index (Phi) is 3.81. The summed E-state index contributed by atoms with van der Waals surface area (Å²) in [7, 11) is 0. The molecule has 0 saturated carbocycles. The van der Waals surface area contributed by atoms with Gasteiger partial charge in [-0.1, -0.05) is 11.6 Å². The van der Waals surface area contributed by atoms with Crippen LogP contribution >= 0.6 is 23.4 Å². The van der Waals surface area contributed by atoms with Gasteiger partial charge >= 0.3 is 0 Å². The van der Waals surface area contributed by atoms with Crippen molar-refractivity contribution in [3.8, 4) is 0 Å². The standard InChI is InChI=1S/C12H16ClNS/c1-15-12-6-5-10(13)9-11(12)14-7-3-2-4-8-14/h5-6,9H,2-4,7-8H2,1H3. The van der Waals surface area contributed by atoms with Crippen LogP contribution in [-0.2, 0) is 0 Å². The van der Waals surface area contributed by atoms with E-state index < -0.39 is 0 Å². The molecule has 1 aliphatic rings. The minimum absolute atomic E-state index is 0.841. The van der Waals surface area contributed by atoms with E-state index in [9.17, 15) is 0 Å². The van der Waals surface area contributed by atoms with Crippen molar-refractivity contribution in [3.63, 3.8) is 0 Å². The predicted molar refractivity (Wildman–Crippen MR) is 69.3 cm³/mol. The van der Waals surface area contributed by atoms with E-state index in [1.807, 2.05) is 6.07 Å². The van der Waals surface area contributed by atoms with E-state index in [0.29, 0.717) is 0 Å². The van der Waals surface area contributed by atoms with E-state index in [4.69, 9.17) is 11.6 Å². The zero-order valence-electron chi connectivity index (χ0n) is 9.00. The summed E-state index contributed by atoms with van der Waals surface area (Å²) in [6.07, 6.45) is 6.10. The molecule has 0 unspecified atom stereocenters. The second-order valence-electron chi connectivity index (χ2n) is 3.86. The van der Waals surface area contributed by atoms with E-state index >= 15 is 0 Å². The lowest BCUT2D eigenvalue weighted by Gasteiger charge is -2.30. The van der Waals surface area contributed by atoms with E-state index in [-0.39, 0.29) is 0 Å². The number of benzene rings is 1. The van der Waals surface area contributed by atoms with Gasteiger partial charge in [0.25, 0.3) is 0 Å². The number of rotatable bonds is 2. The first-order chi connectivity index (χ1) is 7.31. The van der Waals surface area contributed by atoms with Gasteiger partial charge in [0.05, 0.1) is 5.69 Å². The fourth-order valence-corrected chi connectivity index (χ4v) is 2.81. The third-order valence-electron chi connectivity index (χ3n) is 2.84. The molecule has 1 fully saturated rings. The maximum absolute atomic E-state index is 6.06. The minimum Gasteiger partial charge on any atom is -0.371 e. The highest BCUT2D eigenvalue weighted by molar-refractivity contribution is 7.98. The zero-order chi connectivity index (χ0) is 10.7. The molecule has 0 amide bonds. The van der Waals surface area contributed by atoms with Crippen LogP contribution in [0.25, 0.3) is 0 Å². The Balaban J connectivity index is 2.27. The normalized spacial score (nSPS) is 16.8. The Labute approximate surface area is 101 Å². The molecule has 2 rings (SSSR count). The van der Waals surface area contributed by atoms with Gasteiger partial charge < -0.3 is 4.90 Å². The summed E-state index contributed by atoms with van der Waals surface area (Å²) < 4.78 is 0. The SMILES string of the molecule is CSc1ccc(Cl)cc1N1CCCCC1. The quantitative estimate of drug-likeness (QED) is 0.719. The molecule has 0 atom stereocenters. The van der Waals surface area contributed by atoms with Gasteiger partial charge in [-0.15, -0.1) is 11.8 Å². The maximum atomic E-state index is 6.06. The molecule has 0 radical (unpaired) electrons. The summed E-state index contributed by atoms with van der Waals surface area (Å²) >= 11 is 7.85. The summed E-state index contributed by atoms with van der Waals surface area (Å²) in [6.45, 7) is 2.35. The van der Waals surface area contributed by atoms with E-state index in [2.05, 4.69) is 23.3 Å². The first kappa shape index (κ1) is 11.2. The van der Waals surface area contributed by atoms with Crippen LogP contribution < -0.4 is 4.90 Å². The molecule has 1 aromatic carbocycles. The van der Waals surface area contributed by atoms with Crippen LogP contribution in [0.1, 0.15) is 19.3 Å². The number of hydrogen-bond acceptors (Lipinski definition) is 2. The Morgan fingerprint density at radius 1 is 1.20 bits per heavy atom. The number of hydrogen-bond donors (Lipinski definition) is 0. The van der Waals surface area contributed by atoms with Crippen molar-refractivity contribution < 1.29 is 0 Å². The third kappa shape index (κ3) is 2.61. The average molecular weight is 242 g/mol. The largest absolute Gasteiger partial charge is 0.371 e. The molecule has 1 aromatic rings. The fraction of sp³-hybridized carbons (Fsp3) is 0.500. The van der Waals surface area contributed by atoms with Crippen molar-refractivity contribution in [2.75, 3.05) is 24.2 Å². The van der Waals surface area contributed by atoms with Crippen molar-refractivity contribution in [3.05, 3.63) is 23.2 Å². The molecule has 0 aromatic heterocycles. The molecule has 1 aliphatic heterocycles. The first-order valence-corrected chi connectivity index (χ1v) is 7.00. The van der Waals surface area contributed by atoms with Gasteiger partial charge in [0.2, 0.25) is 0 Å². The van der Waals surface area contributed by atoms with Crippen molar-refractivity contribution in [1.82, 2.24) is 0 Å². The summed E-state index contributed by atoms with van der Waals surface area (Å²) in [5.74, 6) is 0. The predicted octanol–water partition coefficient (Wildman–Crippen LogP) is 4.05. The van der Waals surface area contributed by atoms with Gasteiger partial charge in [-0.25, -0.2) is 0 Å². The highest BCUT2D eigenvalue weighted by atomic mass is 35.5. The number of halogens is 1. The monoisotopic (exact) mass is 241 g/mol. The maximum Gasteiger partial charge on any atom is 0.0519 e. The van der Waals surface area contributed by atoms with E-state index in [1.54, 1.807) is 11.8 Å². The number of piperidine rings is 1. The smallest absolute Gasteiger partial charge is 0.0519 e. The molecular weight excluding hydrogens is 226 g/mol. The lowest BCUT2D eigenvalue weighted by Crippen LogP contribution is -2.29. The third-order valence-corrected chi connectivity index (χ3v) is 3.86. The molecule has 0 spiro atoms. The summed E-state index contributed by atoms with van der Waals surface area (Å²) in [5, 5.41) is 0.841. The Bertz CT molecular complexity index is 334. The molecule has 1 heterocycles. The van der Waals surface area contributed by atoms with Crippen LogP contribution in [0.4, 0.5) is 5.69 Å². The second kappa shape index (κ2) is 5.13. The minimum atomic E-state index is 0.841. The number of nitrogens with zero attached hydrogens (tertiary/aromatic N) is 1. The van der Waals surface area contributed by atoms with Crippen LogP contribution in [0.2, 0.25) is 5.02 Å². The van der Waals surface area contributed by atoms with Crippen LogP contribution in [0.3, 0.4) is 0 Å². The molecule has 0 bridgehead atoms. The van der Waals surface area contributed by atoms with Crippen molar-refractivity contribution in [2.45, 2.75) is 24.2 Å². The molecule has 1 nitrogen and oxygen atoms in total. The summed E-state index contributed by atoms with van der Waals surface area (Å²) in [6, 6.07) is 6.19. The summed E-state index contributed by atoms with van der Waals surface area (Å²) in [5.41, 5.74) is 1.31. The highest BCUT2D eigenvalue weighted by Gasteiger charge is 2.14. The molecule has 82 valence electrons. The van der Waals surface area contributed by atoms with Gasteiger partial charge in [-0.05, 0) is 43.7 Å². The lowest BCUT2D eigenvalue weighted by atomic mass is 10.1. The van der Waals surface area contributed by atoms with Crippen LogP contribution in [0.5, 0.6) is 0 Å². The Morgan fingerprint density at radius 2 is 1.93 bits per heavy atom. The topological polar surface area (TPSA) is 3.24 Å². The summed E-state index contributed by atoms with van der Waals surface area (Å²) in [4.78, 5) is 3.79.